The van der Waals surface area contributed by atoms with E-state index in [9.17, 15) is 27.6 Å². The van der Waals surface area contributed by atoms with Crippen LogP contribution in [-0.4, -0.2) is 33.2 Å². The number of hydrogen-bond acceptors (Lipinski definition) is 5. The van der Waals surface area contributed by atoms with E-state index >= 15 is 0 Å². The van der Waals surface area contributed by atoms with Crippen LogP contribution in [-0.2, 0) is 16.6 Å². The number of benzene rings is 2. The molecule has 2 aromatic carbocycles. The van der Waals surface area contributed by atoms with Crippen LogP contribution in [0.1, 0.15) is 12.5 Å². The molecule has 2 N–H and O–H groups in total. The Labute approximate surface area is 185 Å². The molecule has 0 bridgehead atoms. The molecular formula is C21H19F3N4O3S. The number of carbonyl (C=O) groups excluding carboxylic acids is 2. The molecule has 0 saturated heterocycles. The lowest BCUT2D eigenvalue weighted by atomic mass is 10.2. The fourth-order valence-corrected chi connectivity index (χ4v) is 3.71. The van der Waals surface area contributed by atoms with Crippen LogP contribution in [0, 0.1) is 24.4 Å². The molecule has 0 aliphatic heterocycles. The highest BCUT2D eigenvalue weighted by Crippen LogP contribution is 2.22. The van der Waals surface area contributed by atoms with Gasteiger partial charge >= 0.3 is 0 Å². The van der Waals surface area contributed by atoms with Gasteiger partial charge in [-0.3, -0.25) is 19.0 Å². The van der Waals surface area contributed by atoms with Crippen molar-refractivity contribution >= 4 is 40.2 Å². The molecule has 2 amide bonds. The first-order valence-electron chi connectivity index (χ1n) is 9.43. The molecule has 11 heteroatoms. The summed E-state index contributed by atoms with van der Waals surface area (Å²) >= 11 is 1.03. The van der Waals surface area contributed by atoms with Gasteiger partial charge in [0.1, 0.15) is 0 Å². The van der Waals surface area contributed by atoms with Crippen molar-refractivity contribution < 1.29 is 22.8 Å². The van der Waals surface area contributed by atoms with Gasteiger partial charge in [-0.2, -0.15) is 0 Å². The maximum Gasteiger partial charge on any atom is 0.261 e. The highest BCUT2D eigenvalue weighted by molar-refractivity contribution is 8.00. The van der Waals surface area contributed by atoms with E-state index in [1.54, 1.807) is 26.1 Å². The van der Waals surface area contributed by atoms with Crippen molar-refractivity contribution in [2.24, 2.45) is 7.05 Å². The molecule has 0 radical (unpaired) electrons. The molecule has 7 nitrogen and oxygen atoms in total. The summed E-state index contributed by atoms with van der Waals surface area (Å²) in [7, 11) is 1.55. The molecule has 0 saturated carbocycles. The minimum Gasteiger partial charge on any atom is -0.346 e. The quantitative estimate of drug-likeness (QED) is 0.333. The van der Waals surface area contributed by atoms with E-state index in [1.165, 1.54) is 4.57 Å². The second-order valence-corrected chi connectivity index (χ2v) is 8.34. The van der Waals surface area contributed by atoms with Gasteiger partial charge in [0.2, 0.25) is 11.8 Å². The van der Waals surface area contributed by atoms with Crippen molar-refractivity contribution in [1.29, 1.82) is 0 Å². The number of amides is 2. The van der Waals surface area contributed by atoms with Crippen LogP contribution in [0.3, 0.4) is 0 Å². The third-order valence-electron chi connectivity index (χ3n) is 4.57. The normalized spacial score (nSPS) is 11.9. The Bertz CT molecular complexity index is 1280. The van der Waals surface area contributed by atoms with Crippen LogP contribution < -0.4 is 16.2 Å². The first kappa shape index (κ1) is 23.3. The number of thioether (sulfide) groups is 1. The zero-order valence-electron chi connectivity index (χ0n) is 17.3. The topological polar surface area (TPSA) is 93.1 Å². The summed E-state index contributed by atoms with van der Waals surface area (Å²) in [6.07, 6.45) is 0. The number of fused-ring (bicyclic) bond motifs is 1. The number of carbonyl (C=O) groups is 2. The van der Waals surface area contributed by atoms with Gasteiger partial charge in [0.25, 0.3) is 5.56 Å². The fraction of sp³-hybridized carbons (Fsp3) is 0.238. The van der Waals surface area contributed by atoms with Crippen molar-refractivity contribution in [1.82, 2.24) is 14.9 Å². The molecule has 0 aliphatic rings. The number of nitrogens with zero attached hydrogens (tertiary/aromatic N) is 2. The van der Waals surface area contributed by atoms with Gasteiger partial charge in [0, 0.05) is 7.05 Å². The number of halogens is 3. The summed E-state index contributed by atoms with van der Waals surface area (Å²) < 4.78 is 41.2. The van der Waals surface area contributed by atoms with Crippen molar-refractivity contribution in [2.45, 2.75) is 24.3 Å². The zero-order chi connectivity index (χ0) is 23.6. The van der Waals surface area contributed by atoms with Crippen molar-refractivity contribution in [2.75, 3.05) is 11.9 Å². The molecular weight excluding hydrogens is 445 g/mol. The summed E-state index contributed by atoms with van der Waals surface area (Å²) in [5.74, 6) is -5.99. The first-order valence-corrected chi connectivity index (χ1v) is 10.3. The third-order valence-corrected chi connectivity index (χ3v) is 5.72. The number of nitrogens with one attached hydrogen (secondary N) is 2. The summed E-state index contributed by atoms with van der Waals surface area (Å²) in [6.45, 7) is 2.91. The molecule has 0 fully saturated rings. The fourth-order valence-electron chi connectivity index (χ4n) is 2.81. The van der Waals surface area contributed by atoms with E-state index in [0.717, 1.165) is 23.4 Å². The highest BCUT2D eigenvalue weighted by Gasteiger charge is 2.20. The van der Waals surface area contributed by atoms with Gasteiger partial charge in [0.15, 0.2) is 22.6 Å². The Morgan fingerprint density at radius 2 is 1.88 bits per heavy atom. The van der Waals surface area contributed by atoms with E-state index in [1.807, 2.05) is 13.0 Å². The minimum absolute atomic E-state index is 0.248. The number of anilines is 1. The number of aromatic nitrogens is 2. The molecule has 32 heavy (non-hydrogen) atoms. The summed E-state index contributed by atoms with van der Waals surface area (Å²) in [4.78, 5) is 41.3. The van der Waals surface area contributed by atoms with Crippen LogP contribution in [0.4, 0.5) is 18.9 Å². The average Bonchev–Trinajstić information content (AvgIpc) is 2.76. The van der Waals surface area contributed by atoms with Crippen LogP contribution in [0.5, 0.6) is 0 Å². The molecule has 3 rings (SSSR count). The van der Waals surface area contributed by atoms with Crippen LogP contribution in [0.2, 0.25) is 0 Å². The van der Waals surface area contributed by atoms with Gasteiger partial charge in [-0.05, 0) is 38.1 Å². The standard InChI is InChI=1S/C21H19F3N4O3S/c1-10-4-6-14-12(8-10)20(31)28(3)21(27-14)32-11(2)19(30)25-9-16(29)26-15-7-5-13(22)17(23)18(15)24/h4-8,11H,9H2,1-3H3,(H,25,30)(H,26,29). The van der Waals surface area contributed by atoms with Crippen molar-refractivity contribution in [3.8, 4) is 0 Å². The van der Waals surface area contributed by atoms with Gasteiger partial charge in [0.05, 0.1) is 28.4 Å². The van der Waals surface area contributed by atoms with E-state index in [0.29, 0.717) is 22.1 Å². The monoisotopic (exact) mass is 464 g/mol. The largest absolute Gasteiger partial charge is 0.346 e. The molecule has 168 valence electrons. The molecule has 1 aromatic heterocycles. The summed E-state index contributed by atoms with van der Waals surface area (Å²) in [6, 6.07) is 6.84. The Hall–Kier alpha value is -3.34. The predicted octanol–water partition coefficient (Wildman–Crippen LogP) is 2.89. The lowest BCUT2D eigenvalue weighted by molar-refractivity contribution is -0.123. The highest BCUT2D eigenvalue weighted by atomic mass is 32.2. The van der Waals surface area contributed by atoms with E-state index in [-0.39, 0.29) is 5.56 Å². The van der Waals surface area contributed by atoms with Gasteiger partial charge in [-0.1, -0.05) is 23.4 Å². The molecule has 1 heterocycles. The maximum atomic E-state index is 13.6. The predicted molar refractivity (Wildman–Crippen MR) is 115 cm³/mol. The lowest BCUT2D eigenvalue weighted by Gasteiger charge is -2.14. The van der Waals surface area contributed by atoms with Gasteiger partial charge in [-0.25, -0.2) is 18.2 Å². The van der Waals surface area contributed by atoms with Crippen molar-refractivity contribution in [3.05, 3.63) is 63.7 Å². The number of rotatable bonds is 6. The Balaban J connectivity index is 1.63. The van der Waals surface area contributed by atoms with E-state index in [4.69, 9.17) is 0 Å². The Kier molecular flexibility index (Phi) is 6.87. The second kappa shape index (κ2) is 9.43. The molecule has 0 aliphatic carbocycles. The Morgan fingerprint density at radius 3 is 2.59 bits per heavy atom. The molecule has 0 spiro atoms. The maximum absolute atomic E-state index is 13.6. The van der Waals surface area contributed by atoms with E-state index < -0.39 is 46.7 Å². The third kappa shape index (κ3) is 4.93. The van der Waals surface area contributed by atoms with Crippen LogP contribution >= 0.6 is 11.8 Å². The molecule has 3 aromatic rings. The van der Waals surface area contributed by atoms with Crippen molar-refractivity contribution in [3.63, 3.8) is 0 Å². The van der Waals surface area contributed by atoms with Crippen LogP contribution in [0.25, 0.3) is 10.9 Å². The smallest absolute Gasteiger partial charge is 0.261 e. The summed E-state index contributed by atoms with van der Waals surface area (Å²) in [5, 5.41) is 4.50. The Morgan fingerprint density at radius 1 is 1.16 bits per heavy atom. The number of hydrogen-bond donors (Lipinski definition) is 2. The van der Waals surface area contributed by atoms with E-state index in [2.05, 4.69) is 15.6 Å². The lowest BCUT2D eigenvalue weighted by Crippen LogP contribution is -2.37. The zero-order valence-corrected chi connectivity index (χ0v) is 18.1. The SMILES string of the molecule is Cc1ccc2nc(SC(C)C(=O)NCC(=O)Nc3ccc(F)c(F)c3F)n(C)c(=O)c2c1. The molecule has 1 unspecified atom stereocenters. The molecule has 1 atom stereocenters. The minimum atomic E-state index is -1.71. The first-order chi connectivity index (χ1) is 15.1. The number of aryl methyl sites for hydroxylation is 1. The summed E-state index contributed by atoms with van der Waals surface area (Å²) in [5.41, 5.74) is 0.630. The van der Waals surface area contributed by atoms with Gasteiger partial charge < -0.3 is 10.6 Å². The second-order valence-electron chi connectivity index (χ2n) is 7.03. The average molecular weight is 464 g/mol. The van der Waals surface area contributed by atoms with Crippen LogP contribution in [0.15, 0.2) is 40.3 Å². The van der Waals surface area contributed by atoms with Gasteiger partial charge in [-0.15, -0.1) is 0 Å².